The molecule has 6 rings (SSSR count). The highest BCUT2D eigenvalue weighted by atomic mass is 16.8. The van der Waals surface area contributed by atoms with E-state index in [0.29, 0.717) is 13.0 Å². The lowest BCUT2D eigenvalue weighted by molar-refractivity contribution is -0.292. The molecule has 2 aromatic rings. The van der Waals surface area contributed by atoms with Crippen molar-refractivity contribution in [1.82, 2.24) is 4.90 Å². The summed E-state index contributed by atoms with van der Waals surface area (Å²) in [7, 11) is 0. The number of carbonyl (C=O) groups excluding carboxylic acids is 1. The van der Waals surface area contributed by atoms with Gasteiger partial charge >= 0.3 is 6.09 Å². The van der Waals surface area contributed by atoms with E-state index in [0.717, 1.165) is 17.5 Å². The summed E-state index contributed by atoms with van der Waals surface area (Å²) in [5, 5.41) is 73.9. The first kappa shape index (κ1) is 56.1. The number of unbranched alkanes of at least 4 members (excludes halogenated alkanes) is 1. The minimum atomic E-state index is -1.91. The van der Waals surface area contributed by atoms with Gasteiger partial charge in [0, 0.05) is 37.7 Å². The molecule has 3 aliphatic heterocycles. The molecule has 1 aliphatic carbocycles. The summed E-state index contributed by atoms with van der Waals surface area (Å²) in [6.45, 7) is 0.987. The zero-order chi connectivity index (χ0) is 52.3. The number of hydrogen-bond acceptors (Lipinski definition) is 19. The molecule has 4 aliphatic rings. The number of amides is 1. The minimum absolute atomic E-state index is 0.0321. The van der Waals surface area contributed by atoms with Gasteiger partial charge in [0.1, 0.15) is 43.2 Å². The summed E-state index contributed by atoms with van der Waals surface area (Å²) in [4.78, 5) is 29.9. The van der Waals surface area contributed by atoms with Gasteiger partial charge in [-0.05, 0) is 64.5 Å². The molecule has 3 saturated heterocycles. The Balaban J connectivity index is 1.31. The Labute approximate surface area is 416 Å². The normalized spacial score (nSPS) is 33.3. The van der Waals surface area contributed by atoms with Gasteiger partial charge in [-0.2, -0.15) is 0 Å². The van der Waals surface area contributed by atoms with Gasteiger partial charge in [0.05, 0.1) is 74.4 Å². The third-order valence-electron chi connectivity index (χ3n) is 12.8. The average Bonchev–Trinajstić information content (AvgIpc) is 3.70. The average molecular weight is 1020 g/mol. The van der Waals surface area contributed by atoms with Gasteiger partial charge in [-0.3, -0.25) is 4.90 Å². The Morgan fingerprint density at radius 3 is 1.99 bits per heavy atom. The molecule has 30 nitrogen and oxygen atoms in total. The maximum absolute atomic E-state index is 14.3. The molecule has 2 aromatic carbocycles. The SMILES string of the molecule is CCCCOC[C@H]([C@@H]1CC[C@@H](N=[N+]=[N-])[C@@H](O[C@H]2[C@H](O[C@@H]3O[C@H](CO)[C@@H](O[C@H]4O[C@@H](CN=[N+]=[N-])[C@@H](O)[C@H](O)[C@H]4N=[N+]=[N-])[C@H]3O)[C@@H](O)[C@H](N=[N+]=[N-])C[C@@H]2N=[N+]=[N-])O1)N(Cc1ccccc1)C(=O)OCc1ccccc1. The standard InChI is InChI=1S/C43H58N16O14/c1-2-3-16-66-22-28(59(19-23-10-6-4-7-11-23)43(65)67-21-24-12-8-5-9-13-24)29-15-14-25(50-55-45)40(68-29)71-37-27(52-57-47)17-26(51-56-46)33(61)39(37)73-42-36(64)38(31(20-60)70-42)72-41-32(53-58-48)35(63)34(62)30(69-41)18-49-54-44/h4-13,25-42,60-64H,2-3,14-22H2,1H3/t25-,26-,27+,28-,29+,30+,31-,32-,33+,34-,35-,36-,37-,38-,39-,40-,41-,42+/m1/s1. The number of nitrogens with zero attached hydrogens (tertiary/aromatic N) is 16. The molecule has 3 heterocycles. The smallest absolute Gasteiger partial charge is 0.410 e. The van der Waals surface area contributed by atoms with Crippen LogP contribution in [-0.2, 0) is 51.0 Å². The Hall–Kier alpha value is -6.22. The van der Waals surface area contributed by atoms with E-state index >= 15 is 0 Å². The van der Waals surface area contributed by atoms with Gasteiger partial charge in [0.25, 0.3) is 0 Å². The molecule has 1 amide bonds. The van der Waals surface area contributed by atoms with Gasteiger partial charge in [0.2, 0.25) is 0 Å². The highest BCUT2D eigenvalue weighted by Crippen LogP contribution is 2.38. The molecule has 0 aromatic heterocycles. The van der Waals surface area contributed by atoms with E-state index in [1.807, 2.05) is 67.6 Å². The fourth-order valence-corrected chi connectivity index (χ4v) is 9.05. The summed E-state index contributed by atoms with van der Waals surface area (Å²) in [5.41, 5.74) is 48.7. The fourth-order valence-electron chi connectivity index (χ4n) is 9.05. The van der Waals surface area contributed by atoms with E-state index in [2.05, 4.69) is 50.1 Å². The van der Waals surface area contributed by atoms with E-state index in [9.17, 15) is 52.5 Å². The van der Waals surface area contributed by atoms with Crippen molar-refractivity contribution in [2.45, 2.75) is 162 Å². The van der Waals surface area contributed by atoms with E-state index in [1.54, 1.807) is 0 Å². The third-order valence-corrected chi connectivity index (χ3v) is 12.8. The molecule has 30 heteroatoms. The second kappa shape index (κ2) is 28.3. The predicted octanol–water partition coefficient (Wildman–Crippen LogP) is 4.99. The van der Waals surface area contributed by atoms with E-state index in [1.165, 1.54) is 4.90 Å². The van der Waals surface area contributed by atoms with Gasteiger partial charge in [-0.25, -0.2) is 4.79 Å². The number of rotatable bonds is 24. The monoisotopic (exact) mass is 1020 g/mol. The number of hydrogen-bond donors (Lipinski definition) is 5. The van der Waals surface area contributed by atoms with Crippen LogP contribution in [0.15, 0.2) is 86.2 Å². The second-order valence-electron chi connectivity index (χ2n) is 17.5. The van der Waals surface area contributed by atoms with Crippen molar-refractivity contribution in [2.24, 2.45) is 25.6 Å². The lowest BCUT2D eigenvalue weighted by Crippen LogP contribution is -2.61. The molecule has 0 spiro atoms. The van der Waals surface area contributed by atoms with Crippen LogP contribution in [-0.4, -0.2) is 173 Å². The zero-order valence-corrected chi connectivity index (χ0v) is 39.5. The van der Waals surface area contributed by atoms with Gasteiger partial charge < -0.3 is 63.4 Å². The van der Waals surface area contributed by atoms with Crippen molar-refractivity contribution >= 4 is 6.09 Å². The van der Waals surface area contributed by atoms with Crippen LogP contribution in [0, 0.1) is 0 Å². The Morgan fingerprint density at radius 2 is 1.33 bits per heavy atom. The predicted molar refractivity (Wildman–Crippen MR) is 249 cm³/mol. The lowest BCUT2D eigenvalue weighted by Gasteiger charge is -2.46. The largest absolute Gasteiger partial charge is 0.445 e. The van der Waals surface area contributed by atoms with Crippen LogP contribution < -0.4 is 0 Å². The van der Waals surface area contributed by atoms with Crippen LogP contribution in [0.3, 0.4) is 0 Å². The van der Waals surface area contributed by atoms with Crippen molar-refractivity contribution in [3.63, 3.8) is 0 Å². The first-order valence-corrected chi connectivity index (χ1v) is 23.5. The Kier molecular flexibility index (Phi) is 21.7. The van der Waals surface area contributed by atoms with E-state index in [4.69, 9.17) is 43.4 Å². The molecule has 394 valence electrons. The number of aliphatic hydroxyl groups is 5. The van der Waals surface area contributed by atoms with Crippen molar-refractivity contribution in [1.29, 1.82) is 0 Å². The third kappa shape index (κ3) is 14.5. The quantitative estimate of drug-likeness (QED) is 0.0400. The molecule has 73 heavy (non-hydrogen) atoms. The van der Waals surface area contributed by atoms with Crippen LogP contribution >= 0.6 is 0 Å². The van der Waals surface area contributed by atoms with Crippen LogP contribution in [0.5, 0.6) is 0 Å². The van der Waals surface area contributed by atoms with Crippen molar-refractivity contribution < 1.29 is 68.2 Å². The Morgan fingerprint density at radius 1 is 0.699 bits per heavy atom. The highest BCUT2D eigenvalue weighted by molar-refractivity contribution is 5.68. The number of aliphatic hydroxyl groups excluding tert-OH is 5. The summed E-state index contributed by atoms with van der Waals surface area (Å²) < 4.78 is 49.1. The van der Waals surface area contributed by atoms with Gasteiger partial charge in [-0.15, -0.1) is 0 Å². The molecule has 1 saturated carbocycles. The Bertz CT molecular complexity index is 2320. The summed E-state index contributed by atoms with van der Waals surface area (Å²) >= 11 is 0. The van der Waals surface area contributed by atoms with Crippen LogP contribution in [0.1, 0.15) is 50.2 Å². The summed E-state index contributed by atoms with van der Waals surface area (Å²) in [5.74, 6) is 0. The molecule has 0 radical (unpaired) electrons. The van der Waals surface area contributed by atoms with Gasteiger partial charge in [-0.1, -0.05) is 99.6 Å². The molecular weight excluding hydrogens is 965 g/mol. The number of azide groups is 5. The maximum Gasteiger partial charge on any atom is 0.410 e. The molecule has 0 unspecified atom stereocenters. The van der Waals surface area contributed by atoms with E-state index < -0.39 is 129 Å². The van der Waals surface area contributed by atoms with Crippen LogP contribution in [0.4, 0.5) is 4.79 Å². The topological polar surface area (TPSA) is 439 Å². The summed E-state index contributed by atoms with van der Waals surface area (Å²) in [6.07, 6.45) is -20.1. The summed E-state index contributed by atoms with van der Waals surface area (Å²) in [6, 6.07) is 12.1. The highest BCUT2D eigenvalue weighted by Gasteiger charge is 2.55. The molecular formula is C43H58N16O14. The number of ether oxygens (including phenoxy) is 8. The number of benzene rings is 2. The molecule has 4 fully saturated rings. The van der Waals surface area contributed by atoms with Crippen LogP contribution in [0.25, 0.3) is 52.2 Å². The molecule has 5 N–H and O–H groups in total. The minimum Gasteiger partial charge on any atom is -0.445 e. The van der Waals surface area contributed by atoms with Crippen LogP contribution in [0.2, 0.25) is 0 Å². The molecule has 0 bridgehead atoms. The van der Waals surface area contributed by atoms with Crippen molar-refractivity contribution in [3.05, 3.63) is 124 Å². The number of carbonyl (C=O) groups is 1. The zero-order valence-electron chi connectivity index (χ0n) is 39.5. The van der Waals surface area contributed by atoms with Gasteiger partial charge in [0.15, 0.2) is 18.9 Å². The first-order valence-electron chi connectivity index (χ1n) is 23.5. The second-order valence-corrected chi connectivity index (χ2v) is 17.5. The van der Waals surface area contributed by atoms with Crippen molar-refractivity contribution in [2.75, 3.05) is 26.4 Å². The lowest BCUT2D eigenvalue weighted by atomic mass is 9.84. The van der Waals surface area contributed by atoms with E-state index in [-0.39, 0.29) is 39.0 Å². The molecule has 18 atom stereocenters. The maximum atomic E-state index is 14.3. The fraction of sp³-hybridized carbons (Fsp3) is 0.698. The first-order chi connectivity index (χ1) is 35.5. The van der Waals surface area contributed by atoms with Crippen molar-refractivity contribution in [3.8, 4) is 0 Å².